The fraction of sp³-hybridized carbons (Fsp3) is 0.636. The lowest BCUT2D eigenvalue weighted by atomic mass is 10.2. The van der Waals surface area contributed by atoms with Crippen molar-refractivity contribution in [2.75, 3.05) is 12.3 Å². The summed E-state index contributed by atoms with van der Waals surface area (Å²) in [6, 6.07) is 2.46. The molecule has 0 radical (unpaired) electrons. The van der Waals surface area contributed by atoms with Gasteiger partial charge in [0.2, 0.25) is 0 Å². The molecule has 1 atom stereocenters. The summed E-state index contributed by atoms with van der Waals surface area (Å²) in [5.74, 6) is 1.10. The third-order valence-electron chi connectivity index (χ3n) is 1.99. The second kappa shape index (κ2) is 6.14. The van der Waals surface area contributed by atoms with Crippen molar-refractivity contribution in [3.8, 4) is 0 Å². The second-order valence-electron chi connectivity index (χ2n) is 3.55. The molecule has 0 aromatic carbocycles. The summed E-state index contributed by atoms with van der Waals surface area (Å²) in [6.45, 7) is 7.58. The minimum atomic E-state index is 0.422. The van der Waals surface area contributed by atoms with Crippen molar-refractivity contribution in [1.82, 2.24) is 5.32 Å². The van der Waals surface area contributed by atoms with E-state index in [1.165, 1.54) is 5.56 Å². The van der Waals surface area contributed by atoms with Gasteiger partial charge in [-0.05, 0) is 17.9 Å². The summed E-state index contributed by atoms with van der Waals surface area (Å²) < 4.78 is 5.10. The second-order valence-corrected chi connectivity index (χ2v) is 5.16. The Hall–Kier alpha value is -0.410. The van der Waals surface area contributed by atoms with E-state index in [4.69, 9.17) is 4.42 Å². The van der Waals surface area contributed by atoms with Gasteiger partial charge in [0.05, 0.1) is 12.5 Å². The maximum Gasteiger partial charge on any atom is 0.0950 e. The highest BCUT2D eigenvalue weighted by Gasteiger charge is 2.11. The Balaban J connectivity index is 2.47. The summed E-state index contributed by atoms with van der Waals surface area (Å²) >= 11 is 1.97. The fourth-order valence-electron chi connectivity index (χ4n) is 1.28. The standard InChI is InChI=1S/C11H19NOS/c1-4-12-11(8-14-9(2)3)10-5-6-13-7-10/h5-7,9,11-12H,4,8H2,1-3H3. The van der Waals surface area contributed by atoms with Gasteiger partial charge in [-0.15, -0.1) is 0 Å². The Morgan fingerprint density at radius 1 is 1.50 bits per heavy atom. The minimum absolute atomic E-state index is 0.422. The van der Waals surface area contributed by atoms with Gasteiger partial charge in [0.25, 0.3) is 0 Å². The molecule has 0 aliphatic rings. The van der Waals surface area contributed by atoms with Gasteiger partial charge in [-0.1, -0.05) is 20.8 Å². The number of hydrogen-bond donors (Lipinski definition) is 1. The monoisotopic (exact) mass is 213 g/mol. The molecule has 1 unspecified atom stereocenters. The Kier molecular flexibility index (Phi) is 5.12. The number of rotatable bonds is 6. The molecule has 3 heteroatoms. The zero-order valence-electron chi connectivity index (χ0n) is 9.12. The predicted octanol–water partition coefficient (Wildman–Crippen LogP) is 3.07. The van der Waals surface area contributed by atoms with Crippen molar-refractivity contribution in [3.63, 3.8) is 0 Å². The van der Waals surface area contributed by atoms with Crippen LogP contribution in [0.25, 0.3) is 0 Å². The smallest absolute Gasteiger partial charge is 0.0950 e. The summed E-state index contributed by atoms with van der Waals surface area (Å²) in [5, 5.41) is 4.14. The van der Waals surface area contributed by atoms with E-state index in [1.54, 1.807) is 6.26 Å². The van der Waals surface area contributed by atoms with Crippen LogP contribution >= 0.6 is 11.8 Å². The van der Waals surface area contributed by atoms with E-state index < -0.39 is 0 Å². The van der Waals surface area contributed by atoms with Gasteiger partial charge < -0.3 is 9.73 Å². The molecule has 0 bridgehead atoms. The van der Waals surface area contributed by atoms with Crippen LogP contribution in [0.2, 0.25) is 0 Å². The number of nitrogens with one attached hydrogen (secondary N) is 1. The molecule has 1 aromatic rings. The molecule has 0 fully saturated rings. The first kappa shape index (κ1) is 11.7. The van der Waals surface area contributed by atoms with Crippen molar-refractivity contribution in [3.05, 3.63) is 24.2 Å². The molecule has 1 aromatic heterocycles. The van der Waals surface area contributed by atoms with Crippen molar-refractivity contribution in [1.29, 1.82) is 0 Å². The Morgan fingerprint density at radius 2 is 2.29 bits per heavy atom. The average molecular weight is 213 g/mol. The highest BCUT2D eigenvalue weighted by Crippen LogP contribution is 2.21. The predicted molar refractivity (Wildman–Crippen MR) is 62.7 cm³/mol. The lowest BCUT2D eigenvalue weighted by molar-refractivity contribution is 0.548. The van der Waals surface area contributed by atoms with Gasteiger partial charge in [-0.2, -0.15) is 11.8 Å². The van der Waals surface area contributed by atoms with Gasteiger partial charge in [0.15, 0.2) is 0 Å². The highest BCUT2D eigenvalue weighted by molar-refractivity contribution is 7.99. The van der Waals surface area contributed by atoms with E-state index in [9.17, 15) is 0 Å². The molecule has 1 heterocycles. The first-order chi connectivity index (χ1) is 6.74. The summed E-state index contributed by atoms with van der Waals surface area (Å²) in [7, 11) is 0. The topological polar surface area (TPSA) is 25.2 Å². The van der Waals surface area contributed by atoms with Crippen LogP contribution in [0.3, 0.4) is 0 Å². The van der Waals surface area contributed by atoms with E-state index in [1.807, 2.05) is 24.1 Å². The van der Waals surface area contributed by atoms with Crippen molar-refractivity contribution in [2.24, 2.45) is 0 Å². The zero-order valence-corrected chi connectivity index (χ0v) is 9.93. The Labute approximate surface area is 90.5 Å². The van der Waals surface area contributed by atoms with Crippen LogP contribution in [0.4, 0.5) is 0 Å². The summed E-state index contributed by atoms with van der Waals surface area (Å²) in [6.07, 6.45) is 3.56. The molecule has 1 N–H and O–H groups in total. The van der Waals surface area contributed by atoms with Gasteiger partial charge in [0.1, 0.15) is 0 Å². The molecule has 0 aliphatic carbocycles. The SMILES string of the molecule is CCNC(CSC(C)C)c1ccoc1. The van der Waals surface area contributed by atoms with E-state index in [0.29, 0.717) is 11.3 Å². The first-order valence-corrected chi connectivity index (χ1v) is 6.16. The van der Waals surface area contributed by atoms with Gasteiger partial charge in [-0.3, -0.25) is 0 Å². The number of hydrogen-bond acceptors (Lipinski definition) is 3. The molecular weight excluding hydrogens is 194 g/mol. The molecule has 0 saturated heterocycles. The summed E-state index contributed by atoms with van der Waals surface area (Å²) in [4.78, 5) is 0. The molecule has 80 valence electrons. The van der Waals surface area contributed by atoms with E-state index in [-0.39, 0.29) is 0 Å². The van der Waals surface area contributed by atoms with Gasteiger partial charge >= 0.3 is 0 Å². The number of thioether (sulfide) groups is 1. The maximum atomic E-state index is 5.10. The Morgan fingerprint density at radius 3 is 2.79 bits per heavy atom. The molecular formula is C11H19NOS. The molecule has 1 rings (SSSR count). The quantitative estimate of drug-likeness (QED) is 0.786. The van der Waals surface area contributed by atoms with Crippen LogP contribution in [-0.4, -0.2) is 17.5 Å². The van der Waals surface area contributed by atoms with E-state index in [2.05, 4.69) is 26.1 Å². The lowest BCUT2D eigenvalue weighted by Gasteiger charge is -2.16. The van der Waals surface area contributed by atoms with Crippen LogP contribution in [0.15, 0.2) is 23.0 Å². The van der Waals surface area contributed by atoms with Crippen molar-refractivity contribution in [2.45, 2.75) is 32.1 Å². The van der Waals surface area contributed by atoms with Crippen LogP contribution in [0.1, 0.15) is 32.4 Å². The minimum Gasteiger partial charge on any atom is -0.472 e. The molecule has 2 nitrogen and oxygen atoms in total. The molecule has 14 heavy (non-hydrogen) atoms. The van der Waals surface area contributed by atoms with Gasteiger partial charge in [0, 0.05) is 17.4 Å². The van der Waals surface area contributed by atoms with Crippen LogP contribution in [-0.2, 0) is 0 Å². The molecule has 0 amide bonds. The highest BCUT2D eigenvalue weighted by atomic mass is 32.2. The first-order valence-electron chi connectivity index (χ1n) is 5.11. The normalized spacial score (nSPS) is 13.4. The largest absolute Gasteiger partial charge is 0.472 e. The van der Waals surface area contributed by atoms with Crippen LogP contribution < -0.4 is 5.32 Å². The third kappa shape index (κ3) is 3.76. The van der Waals surface area contributed by atoms with Crippen molar-refractivity contribution >= 4 is 11.8 Å². The fourth-order valence-corrected chi connectivity index (χ4v) is 2.17. The maximum absolute atomic E-state index is 5.10. The summed E-state index contributed by atoms with van der Waals surface area (Å²) in [5.41, 5.74) is 1.25. The van der Waals surface area contributed by atoms with Crippen molar-refractivity contribution < 1.29 is 4.42 Å². The molecule has 0 saturated carbocycles. The van der Waals surface area contributed by atoms with Crippen LogP contribution in [0.5, 0.6) is 0 Å². The average Bonchev–Trinajstić information content (AvgIpc) is 2.64. The molecule has 0 spiro atoms. The lowest BCUT2D eigenvalue weighted by Crippen LogP contribution is -2.23. The number of furan rings is 1. The zero-order chi connectivity index (χ0) is 10.4. The van der Waals surface area contributed by atoms with E-state index in [0.717, 1.165) is 12.3 Å². The third-order valence-corrected chi connectivity index (χ3v) is 3.18. The van der Waals surface area contributed by atoms with Gasteiger partial charge in [-0.25, -0.2) is 0 Å². The molecule has 0 aliphatic heterocycles. The van der Waals surface area contributed by atoms with E-state index >= 15 is 0 Å². The Bertz CT molecular complexity index is 233. The van der Waals surface area contributed by atoms with Crippen LogP contribution in [0, 0.1) is 0 Å².